The van der Waals surface area contributed by atoms with Gasteiger partial charge in [0.15, 0.2) is 0 Å². The van der Waals surface area contributed by atoms with Gasteiger partial charge >= 0.3 is 0 Å². The van der Waals surface area contributed by atoms with Crippen LogP contribution < -0.4 is 14.2 Å². The van der Waals surface area contributed by atoms with Crippen molar-refractivity contribution in [2.75, 3.05) is 0 Å². The van der Waals surface area contributed by atoms with Crippen molar-refractivity contribution in [1.29, 1.82) is 0 Å². The average molecular weight is 467 g/mol. The van der Waals surface area contributed by atoms with E-state index in [1.807, 2.05) is 72.8 Å². The highest BCUT2D eigenvalue weighted by Crippen LogP contribution is 2.29. The van der Waals surface area contributed by atoms with E-state index in [2.05, 4.69) is 38.1 Å². The minimum Gasteiger partial charge on any atom is -0.457 e. The molecule has 0 aliphatic rings. The van der Waals surface area contributed by atoms with Crippen LogP contribution in [0.5, 0.6) is 34.5 Å². The fourth-order valence-corrected chi connectivity index (χ4v) is 3.77. The monoisotopic (exact) mass is 466 g/mol. The largest absolute Gasteiger partial charge is 0.457 e. The molecule has 3 heteroatoms. The summed E-state index contributed by atoms with van der Waals surface area (Å²) in [7, 11) is 0. The van der Waals surface area contributed by atoms with E-state index in [-0.39, 0.29) is 0 Å². The molecule has 0 radical (unpaired) electrons. The molecular weight excluding hydrogens is 432 g/mol. The van der Waals surface area contributed by atoms with Crippen molar-refractivity contribution >= 4 is 0 Å². The highest BCUT2D eigenvalue weighted by Gasteiger charge is 2.03. The summed E-state index contributed by atoms with van der Waals surface area (Å²) in [6.07, 6.45) is 7.07. The summed E-state index contributed by atoms with van der Waals surface area (Å²) in [4.78, 5) is 0. The maximum Gasteiger partial charge on any atom is 0.127 e. The van der Waals surface area contributed by atoms with E-state index >= 15 is 0 Å². The smallest absolute Gasteiger partial charge is 0.127 e. The SMILES string of the molecule is CCCCc1ccc(Oc2ccc(Oc3ccc(Oc4ccc(CCCC)cc4)cc3)cc2)cc1. The number of rotatable bonds is 12. The maximum atomic E-state index is 5.98. The number of ether oxygens (including phenoxy) is 3. The van der Waals surface area contributed by atoms with Gasteiger partial charge in [0, 0.05) is 0 Å². The van der Waals surface area contributed by atoms with E-state index in [0.29, 0.717) is 0 Å². The van der Waals surface area contributed by atoms with Gasteiger partial charge in [-0.05, 0) is 110 Å². The summed E-state index contributed by atoms with van der Waals surface area (Å²) < 4.78 is 17.9. The van der Waals surface area contributed by atoms with Crippen LogP contribution in [0.25, 0.3) is 0 Å². The Bertz CT molecular complexity index is 1050. The van der Waals surface area contributed by atoms with Gasteiger partial charge in [-0.15, -0.1) is 0 Å². The number of unbranched alkanes of at least 4 members (excludes halogenated alkanes) is 2. The van der Waals surface area contributed by atoms with E-state index in [0.717, 1.165) is 47.3 Å². The lowest BCUT2D eigenvalue weighted by molar-refractivity contribution is 0.464. The maximum absolute atomic E-state index is 5.98. The van der Waals surface area contributed by atoms with Crippen LogP contribution in [0.3, 0.4) is 0 Å². The molecule has 0 N–H and O–H groups in total. The van der Waals surface area contributed by atoms with Gasteiger partial charge in [0.1, 0.15) is 34.5 Å². The van der Waals surface area contributed by atoms with Gasteiger partial charge in [-0.3, -0.25) is 0 Å². The third-order valence-electron chi connectivity index (χ3n) is 5.84. The van der Waals surface area contributed by atoms with Gasteiger partial charge in [-0.2, -0.15) is 0 Å². The third kappa shape index (κ3) is 7.65. The zero-order chi connectivity index (χ0) is 24.3. The Balaban J connectivity index is 1.28. The van der Waals surface area contributed by atoms with E-state index in [4.69, 9.17) is 14.2 Å². The van der Waals surface area contributed by atoms with Gasteiger partial charge in [0.05, 0.1) is 0 Å². The van der Waals surface area contributed by atoms with Crippen LogP contribution in [-0.2, 0) is 12.8 Å². The second-order valence-electron chi connectivity index (χ2n) is 8.74. The Morgan fingerprint density at radius 3 is 0.829 bits per heavy atom. The molecule has 3 nitrogen and oxygen atoms in total. The average Bonchev–Trinajstić information content (AvgIpc) is 2.90. The zero-order valence-electron chi connectivity index (χ0n) is 20.7. The molecule has 0 saturated carbocycles. The number of aryl methyl sites for hydroxylation is 2. The molecule has 4 aromatic carbocycles. The Labute approximate surface area is 209 Å². The number of benzene rings is 4. The van der Waals surface area contributed by atoms with Crippen molar-refractivity contribution in [2.24, 2.45) is 0 Å². The highest BCUT2D eigenvalue weighted by atomic mass is 16.5. The first kappa shape index (κ1) is 24.4. The predicted molar refractivity (Wildman–Crippen MR) is 143 cm³/mol. The normalized spacial score (nSPS) is 10.7. The minimum atomic E-state index is 0.753. The van der Waals surface area contributed by atoms with Crippen molar-refractivity contribution in [3.63, 3.8) is 0 Å². The third-order valence-corrected chi connectivity index (χ3v) is 5.84. The van der Waals surface area contributed by atoms with Crippen LogP contribution in [0, 0.1) is 0 Å². The minimum absolute atomic E-state index is 0.753. The quantitative estimate of drug-likeness (QED) is 0.208. The second kappa shape index (κ2) is 12.7. The Kier molecular flexibility index (Phi) is 8.83. The Morgan fingerprint density at radius 2 is 0.600 bits per heavy atom. The summed E-state index contributed by atoms with van der Waals surface area (Å²) in [6, 6.07) is 32.0. The zero-order valence-corrected chi connectivity index (χ0v) is 20.7. The molecule has 0 saturated heterocycles. The Hall–Kier alpha value is -3.72. The first-order valence-electron chi connectivity index (χ1n) is 12.6. The molecule has 4 aromatic rings. The van der Waals surface area contributed by atoms with Crippen LogP contribution >= 0.6 is 0 Å². The first-order valence-corrected chi connectivity index (χ1v) is 12.6. The molecule has 0 heterocycles. The molecule has 35 heavy (non-hydrogen) atoms. The van der Waals surface area contributed by atoms with Crippen molar-refractivity contribution in [1.82, 2.24) is 0 Å². The molecule has 0 fully saturated rings. The lowest BCUT2D eigenvalue weighted by Crippen LogP contribution is -1.89. The van der Waals surface area contributed by atoms with Crippen LogP contribution in [0.2, 0.25) is 0 Å². The van der Waals surface area contributed by atoms with E-state index in [1.54, 1.807) is 0 Å². The summed E-state index contributed by atoms with van der Waals surface area (Å²) >= 11 is 0. The number of hydrogen-bond donors (Lipinski definition) is 0. The molecule has 0 amide bonds. The molecule has 0 aliphatic carbocycles. The molecule has 0 atom stereocenters. The van der Waals surface area contributed by atoms with Crippen molar-refractivity contribution < 1.29 is 14.2 Å². The lowest BCUT2D eigenvalue weighted by Gasteiger charge is -2.10. The van der Waals surface area contributed by atoms with Gasteiger partial charge in [-0.1, -0.05) is 51.0 Å². The van der Waals surface area contributed by atoms with E-state index < -0.39 is 0 Å². The predicted octanol–water partition coefficient (Wildman–Crippen LogP) is 9.75. The first-order chi connectivity index (χ1) is 17.2. The van der Waals surface area contributed by atoms with E-state index in [9.17, 15) is 0 Å². The lowest BCUT2D eigenvalue weighted by atomic mass is 10.1. The Morgan fingerprint density at radius 1 is 0.371 bits per heavy atom. The van der Waals surface area contributed by atoms with Gasteiger partial charge in [0.25, 0.3) is 0 Å². The summed E-state index contributed by atoms with van der Waals surface area (Å²) in [6.45, 7) is 4.42. The van der Waals surface area contributed by atoms with Gasteiger partial charge < -0.3 is 14.2 Å². The van der Waals surface area contributed by atoms with Gasteiger partial charge in [-0.25, -0.2) is 0 Å². The van der Waals surface area contributed by atoms with Gasteiger partial charge in [0.2, 0.25) is 0 Å². The van der Waals surface area contributed by atoms with Crippen LogP contribution in [-0.4, -0.2) is 0 Å². The fourth-order valence-electron chi connectivity index (χ4n) is 3.77. The molecule has 4 rings (SSSR count). The topological polar surface area (TPSA) is 27.7 Å². The summed E-state index contributed by atoms with van der Waals surface area (Å²) in [5.74, 6) is 4.74. The molecule has 0 aliphatic heterocycles. The molecule has 0 spiro atoms. The van der Waals surface area contributed by atoms with Crippen molar-refractivity contribution in [3.05, 3.63) is 108 Å². The molecule has 0 bridgehead atoms. The highest BCUT2D eigenvalue weighted by molar-refractivity contribution is 5.41. The number of hydrogen-bond acceptors (Lipinski definition) is 3. The fraction of sp³-hybridized carbons (Fsp3) is 0.250. The molecule has 0 unspecified atom stereocenters. The molecular formula is C32H34O3. The van der Waals surface area contributed by atoms with Crippen molar-refractivity contribution in [2.45, 2.75) is 52.4 Å². The molecule has 180 valence electrons. The van der Waals surface area contributed by atoms with Crippen LogP contribution in [0.1, 0.15) is 50.7 Å². The van der Waals surface area contributed by atoms with Crippen LogP contribution in [0.15, 0.2) is 97.1 Å². The van der Waals surface area contributed by atoms with Crippen LogP contribution in [0.4, 0.5) is 0 Å². The summed E-state index contributed by atoms with van der Waals surface area (Å²) in [5.41, 5.74) is 2.69. The van der Waals surface area contributed by atoms with Crippen molar-refractivity contribution in [3.8, 4) is 34.5 Å². The molecule has 0 aromatic heterocycles. The standard InChI is InChI=1S/C32H34O3/c1-3-5-7-25-9-13-27(14-10-25)33-29-17-21-31(22-18-29)35-32-23-19-30(20-24-32)34-28-15-11-26(12-16-28)8-6-4-2/h9-24H,3-8H2,1-2H3. The second-order valence-corrected chi connectivity index (χ2v) is 8.74. The summed E-state index contributed by atoms with van der Waals surface area (Å²) in [5, 5.41) is 0. The van der Waals surface area contributed by atoms with E-state index in [1.165, 1.54) is 36.8 Å².